The zero-order valence-corrected chi connectivity index (χ0v) is 9.52. The second-order valence-corrected chi connectivity index (χ2v) is 3.72. The van der Waals surface area contributed by atoms with Crippen molar-refractivity contribution in [3.05, 3.63) is 47.3 Å². The average Bonchev–Trinajstić information content (AvgIpc) is 2.71. The molecule has 1 aromatic heterocycles. The van der Waals surface area contributed by atoms with Crippen LogP contribution in [0.3, 0.4) is 0 Å². The molecule has 2 aromatic rings. The van der Waals surface area contributed by atoms with Crippen molar-refractivity contribution < 1.29 is 18.7 Å². The lowest BCUT2D eigenvalue weighted by Gasteiger charge is -2.01. The van der Waals surface area contributed by atoms with E-state index in [1.165, 1.54) is 6.20 Å². The van der Waals surface area contributed by atoms with E-state index in [9.17, 15) is 13.6 Å². The van der Waals surface area contributed by atoms with Crippen molar-refractivity contribution in [2.24, 2.45) is 0 Å². The van der Waals surface area contributed by atoms with Gasteiger partial charge >= 0.3 is 5.97 Å². The second-order valence-electron chi connectivity index (χ2n) is 3.72. The molecule has 0 aliphatic carbocycles. The van der Waals surface area contributed by atoms with E-state index in [1.807, 2.05) is 0 Å². The molecule has 0 saturated heterocycles. The normalized spacial score (nSPS) is 10.6. The Labute approximate surface area is 101 Å². The van der Waals surface area contributed by atoms with Gasteiger partial charge in [0.15, 0.2) is 0 Å². The predicted molar refractivity (Wildman–Crippen MR) is 59.8 cm³/mol. The Morgan fingerprint density at radius 1 is 1.33 bits per heavy atom. The van der Waals surface area contributed by atoms with E-state index < -0.39 is 17.6 Å². The van der Waals surface area contributed by atoms with Gasteiger partial charge in [0.1, 0.15) is 17.2 Å². The van der Waals surface area contributed by atoms with Gasteiger partial charge in [0, 0.05) is 12.3 Å². The third kappa shape index (κ3) is 2.22. The lowest BCUT2D eigenvalue weighted by molar-refractivity contribution is 0.0695. The number of aromatic nitrogens is 2. The van der Waals surface area contributed by atoms with E-state index in [-0.39, 0.29) is 11.3 Å². The molecule has 4 nitrogen and oxygen atoms in total. The molecule has 2 rings (SSSR count). The molecule has 1 N–H and O–H groups in total. The van der Waals surface area contributed by atoms with Crippen molar-refractivity contribution in [1.82, 2.24) is 9.78 Å². The summed E-state index contributed by atoms with van der Waals surface area (Å²) >= 11 is 0. The highest BCUT2D eigenvalue weighted by molar-refractivity contribution is 5.88. The molecule has 1 heterocycles. The van der Waals surface area contributed by atoms with Crippen LogP contribution < -0.4 is 0 Å². The Morgan fingerprint density at radius 3 is 2.39 bits per heavy atom. The molecule has 94 valence electrons. The van der Waals surface area contributed by atoms with E-state index in [4.69, 9.17) is 5.11 Å². The van der Waals surface area contributed by atoms with Crippen molar-refractivity contribution in [1.29, 1.82) is 0 Å². The average molecular weight is 252 g/mol. The molecule has 0 fully saturated rings. The minimum atomic E-state index is -1.12. The highest BCUT2D eigenvalue weighted by Crippen LogP contribution is 2.15. The Kier molecular flexibility index (Phi) is 3.10. The van der Waals surface area contributed by atoms with Crippen molar-refractivity contribution in [3.63, 3.8) is 0 Å². The standard InChI is InChI=1S/C12H10F2N2O2/c1-2-11-10(12(17)18)6-16(15-11)9-4-7(13)3-8(14)5-9/h3-6H,2H2,1H3,(H,17,18). The smallest absolute Gasteiger partial charge is 0.339 e. The summed E-state index contributed by atoms with van der Waals surface area (Å²) in [4.78, 5) is 11.0. The molecular formula is C12H10F2N2O2. The number of benzene rings is 1. The van der Waals surface area contributed by atoms with Gasteiger partial charge in [0.25, 0.3) is 0 Å². The summed E-state index contributed by atoms with van der Waals surface area (Å²) in [6.07, 6.45) is 1.67. The first-order valence-electron chi connectivity index (χ1n) is 5.29. The topological polar surface area (TPSA) is 55.1 Å². The van der Waals surface area contributed by atoms with Crippen LogP contribution in [-0.4, -0.2) is 20.9 Å². The number of aromatic carboxylic acids is 1. The first kappa shape index (κ1) is 12.2. The minimum absolute atomic E-state index is 0.0298. The maximum atomic E-state index is 13.1. The van der Waals surface area contributed by atoms with Crippen LogP contribution in [0, 0.1) is 11.6 Å². The number of carbonyl (C=O) groups is 1. The molecule has 0 atom stereocenters. The summed E-state index contributed by atoms with van der Waals surface area (Å²) in [6, 6.07) is 2.91. The molecule has 0 saturated carbocycles. The Morgan fingerprint density at radius 2 is 1.94 bits per heavy atom. The van der Waals surface area contributed by atoms with Gasteiger partial charge in [0.2, 0.25) is 0 Å². The fourth-order valence-electron chi connectivity index (χ4n) is 1.65. The first-order valence-corrected chi connectivity index (χ1v) is 5.29. The first-order chi connectivity index (χ1) is 8.51. The fourth-order valence-corrected chi connectivity index (χ4v) is 1.65. The molecule has 6 heteroatoms. The Hall–Kier alpha value is -2.24. The van der Waals surface area contributed by atoms with Crippen molar-refractivity contribution >= 4 is 5.97 Å². The van der Waals surface area contributed by atoms with Crippen molar-refractivity contribution in [2.45, 2.75) is 13.3 Å². The van der Waals surface area contributed by atoms with Crippen LogP contribution in [0.15, 0.2) is 24.4 Å². The predicted octanol–water partition coefficient (Wildman–Crippen LogP) is 2.41. The van der Waals surface area contributed by atoms with Crippen LogP contribution in [0.2, 0.25) is 0 Å². The monoisotopic (exact) mass is 252 g/mol. The van der Waals surface area contributed by atoms with Crippen LogP contribution in [0.1, 0.15) is 23.0 Å². The molecule has 0 radical (unpaired) electrons. The van der Waals surface area contributed by atoms with E-state index in [1.54, 1.807) is 6.92 Å². The third-order valence-corrected chi connectivity index (χ3v) is 2.47. The Bertz CT molecular complexity index is 588. The van der Waals surface area contributed by atoms with Gasteiger partial charge in [-0.3, -0.25) is 0 Å². The van der Waals surface area contributed by atoms with Crippen molar-refractivity contribution in [3.8, 4) is 5.69 Å². The minimum Gasteiger partial charge on any atom is -0.478 e. The number of nitrogens with zero attached hydrogens (tertiary/aromatic N) is 2. The summed E-state index contributed by atoms with van der Waals surface area (Å²) in [5.74, 6) is -2.60. The molecule has 1 aromatic carbocycles. The molecular weight excluding hydrogens is 242 g/mol. The summed E-state index contributed by atoms with van der Waals surface area (Å²) in [5, 5.41) is 13.0. The Balaban J connectivity index is 2.54. The third-order valence-electron chi connectivity index (χ3n) is 2.47. The maximum Gasteiger partial charge on any atom is 0.339 e. The number of halogens is 2. The van der Waals surface area contributed by atoms with Gasteiger partial charge in [-0.15, -0.1) is 0 Å². The van der Waals surface area contributed by atoms with Crippen LogP contribution in [0.25, 0.3) is 5.69 Å². The largest absolute Gasteiger partial charge is 0.478 e. The second kappa shape index (κ2) is 4.56. The van der Waals surface area contributed by atoms with Gasteiger partial charge in [-0.2, -0.15) is 5.10 Å². The lowest BCUT2D eigenvalue weighted by atomic mass is 10.2. The van der Waals surface area contributed by atoms with Gasteiger partial charge < -0.3 is 5.11 Å². The highest BCUT2D eigenvalue weighted by atomic mass is 19.1. The maximum absolute atomic E-state index is 13.1. The van der Waals surface area contributed by atoms with Crippen LogP contribution in [0.5, 0.6) is 0 Å². The summed E-state index contributed by atoms with van der Waals surface area (Å²) in [7, 11) is 0. The summed E-state index contributed by atoms with van der Waals surface area (Å²) in [5.41, 5.74) is 0.545. The molecule has 0 aliphatic rings. The van der Waals surface area contributed by atoms with Gasteiger partial charge in [-0.05, 0) is 18.6 Å². The number of rotatable bonds is 3. The molecule has 0 amide bonds. The fraction of sp³-hybridized carbons (Fsp3) is 0.167. The number of carboxylic acid groups (broad SMARTS) is 1. The van der Waals surface area contributed by atoms with E-state index in [0.29, 0.717) is 12.1 Å². The molecule has 0 bridgehead atoms. The van der Waals surface area contributed by atoms with Crippen molar-refractivity contribution in [2.75, 3.05) is 0 Å². The molecule has 0 unspecified atom stereocenters. The summed E-state index contributed by atoms with van der Waals surface area (Å²) < 4.78 is 27.3. The summed E-state index contributed by atoms with van der Waals surface area (Å²) in [6.45, 7) is 1.76. The van der Waals surface area contributed by atoms with Gasteiger partial charge in [-0.25, -0.2) is 18.3 Å². The number of aryl methyl sites for hydroxylation is 1. The van der Waals surface area contributed by atoms with Crippen LogP contribution in [-0.2, 0) is 6.42 Å². The van der Waals surface area contributed by atoms with Gasteiger partial charge in [-0.1, -0.05) is 6.92 Å². The van der Waals surface area contributed by atoms with Crippen LogP contribution in [0.4, 0.5) is 8.78 Å². The SMILES string of the molecule is CCc1nn(-c2cc(F)cc(F)c2)cc1C(=O)O. The molecule has 0 spiro atoms. The molecule has 18 heavy (non-hydrogen) atoms. The number of hydrogen-bond donors (Lipinski definition) is 1. The van der Waals surface area contributed by atoms with E-state index in [0.717, 1.165) is 22.9 Å². The van der Waals surface area contributed by atoms with E-state index in [2.05, 4.69) is 5.10 Å². The lowest BCUT2D eigenvalue weighted by Crippen LogP contribution is -1.98. The van der Waals surface area contributed by atoms with Crippen LogP contribution >= 0.6 is 0 Å². The zero-order chi connectivity index (χ0) is 13.3. The number of carboxylic acids is 1. The van der Waals surface area contributed by atoms with Gasteiger partial charge in [0.05, 0.1) is 11.4 Å². The number of hydrogen-bond acceptors (Lipinski definition) is 2. The zero-order valence-electron chi connectivity index (χ0n) is 9.52. The highest BCUT2D eigenvalue weighted by Gasteiger charge is 2.15. The molecule has 0 aliphatic heterocycles. The van der Waals surface area contributed by atoms with E-state index >= 15 is 0 Å². The quantitative estimate of drug-likeness (QED) is 0.912.